The van der Waals surface area contributed by atoms with E-state index in [4.69, 9.17) is 0 Å². The number of likely N-dealkylation sites (tertiary alicyclic amines) is 1. The third-order valence-electron chi connectivity index (χ3n) is 3.15. The molecule has 1 saturated heterocycles. The summed E-state index contributed by atoms with van der Waals surface area (Å²) in [5.41, 5.74) is 1.54. The summed E-state index contributed by atoms with van der Waals surface area (Å²) in [6, 6.07) is 0. The smallest absolute Gasteiger partial charge is 0.257 e. The number of H-pyrrole nitrogens is 1. The van der Waals surface area contributed by atoms with Crippen LogP contribution in [0.25, 0.3) is 0 Å². The molecule has 88 valence electrons. The summed E-state index contributed by atoms with van der Waals surface area (Å²) in [6.07, 6.45) is 2.63. The quantitative estimate of drug-likeness (QED) is 0.802. The van der Waals surface area contributed by atoms with Crippen LogP contribution in [-0.4, -0.2) is 38.9 Å². The number of aryl methyl sites for hydroxylation is 1. The number of aromatic amines is 1. The number of aromatic nitrogens is 2. The third-order valence-corrected chi connectivity index (χ3v) is 4.51. The number of carbonyl (C=O) groups excluding carboxylic acids is 1. The van der Waals surface area contributed by atoms with Crippen molar-refractivity contribution in [2.75, 3.05) is 13.1 Å². The van der Waals surface area contributed by atoms with E-state index in [0.717, 1.165) is 25.2 Å². The van der Waals surface area contributed by atoms with Crippen LogP contribution in [0.4, 0.5) is 0 Å². The molecular formula is C11H16BrN3O. The molecule has 1 aromatic heterocycles. The van der Waals surface area contributed by atoms with E-state index in [-0.39, 0.29) is 5.91 Å². The Bertz CT molecular complexity index is 390. The Balaban J connectivity index is 2.09. The van der Waals surface area contributed by atoms with Crippen molar-refractivity contribution in [3.63, 3.8) is 0 Å². The Hall–Kier alpha value is -0.840. The molecule has 1 aliphatic rings. The van der Waals surface area contributed by atoms with E-state index < -0.39 is 0 Å². The number of piperidine rings is 1. The van der Waals surface area contributed by atoms with Crippen molar-refractivity contribution >= 4 is 21.8 Å². The molecule has 2 unspecified atom stereocenters. The molecule has 1 aliphatic heterocycles. The molecule has 0 radical (unpaired) electrons. The van der Waals surface area contributed by atoms with Crippen molar-refractivity contribution < 1.29 is 4.79 Å². The average molecular weight is 286 g/mol. The Morgan fingerprint density at radius 3 is 3.00 bits per heavy atom. The summed E-state index contributed by atoms with van der Waals surface area (Å²) in [5.74, 6) is 0.599. The number of hydrogen-bond donors (Lipinski definition) is 1. The second-order valence-electron chi connectivity index (χ2n) is 4.44. The third kappa shape index (κ3) is 2.14. The standard InChI is InChI=1S/C11H16BrN3O/c1-7-6-15(4-3-10(7)12)11(16)9-5-13-14-8(9)2/h5,7,10H,3-4,6H2,1-2H3,(H,13,14). The fourth-order valence-electron chi connectivity index (χ4n) is 2.04. The molecule has 0 aliphatic carbocycles. The maximum Gasteiger partial charge on any atom is 0.257 e. The van der Waals surface area contributed by atoms with E-state index in [0.29, 0.717) is 16.3 Å². The molecule has 0 saturated carbocycles. The first-order chi connectivity index (χ1) is 7.59. The number of carbonyl (C=O) groups is 1. The second kappa shape index (κ2) is 4.57. The lowest BCUT2D eigenvalue weighted by Gasteiger charge is -2.34. The van der Waals surface area contributed by atoms with Crippen LogP contribution in [0.2, 0.25) is 0 Å². The van der Waals surface area contributed by atoms with E-state index in [1.165, 1.54) is 0 Å². The van der Waals surface area contributed by atoms with Gasteiger partial charge in [0.05, 0.1) is 11.8 Å². The lowest BCUT2D eigenvalue weighted by molar-refractivity contribution is 0.0690. The Labute approximate surface area is 104 Å². The minimum atomic E-state index is 0.0949. The summed E-state index contributed by atoms with van der Waals surface area (Å²) in [6.45, 7) is 5.69. The fraction of sp³-hybridized carbons (Fsp3) is 0.636. The highest BCUT2D eigenvalue weighted by Gasteiger charge is 2.28. The monoisotopic (exact) mass is 285 g/mol. The topological polar surface area (TPSA) is 49.0 Å². The van der Waals surface area contributed by atoms with Crippen molar-refractivity contribution in [1.29, 1.82) is 0 Å². The number of nitrogens with zero attached hydrogens (tertiary/aromatic N) is 2. The van der Waals surface area contributed by atoms with Crippen LogP contribution in [0.15, 0.2) is 6.20 Å². The number of nitrogens with one attached hydrogen (secondary N) is 1. The summed E-state index contributed by atoms with van der Waals surface area (Å²) in [5, 5.41) is 6.69. The Kier molecular flexibility index (Phi) is 3.33. The highest BCUT2D eigenvalue weighted by atomic mass is 79.9. The molecule has 4 nitrogen and oxygen atoms in total. The maximum atomic E-state index is 12.2. The second-order valence-corrected chi connectivity index (χ2v) is 5.62. The molecular weight excluding hydrogens is 270 g/mol. The van der Waals surface area contributed by atoms with Crippen LogP contribution in [0.1, 0.15) is 29.4 Å². The first-order valence-corrected chi connectivity index (χ1v) is 6.44. The van der Waals surface area contributed by atoms with Gasteiger partial charge in [0.2, 0.25) is 0 Å². The summed E-state index contributed by atoms with van der Waals surface area (Å²) >= 11 is 3.64. The van der Waals surface area contributed by atoms with E-state index in [9.17, 15) is 4.79 Å². The van der Waals surface area contributed by atoms with Gasteiger partial charge in [0.15, 0.2) is 0 Å². The summed E-state index contributed by atoms with van der Waals surface area (Å²) < 4.78 is 0. The van der Waals surface area contributed by atoms with Gasteiger partial charge >= 0.3 is 0 Å². The van der Waals surface area contributed by atoms with Crippen LogP contribution in [0, 0.1) is 12.8 Å². The zero-order valence-corrected chi connectivity index (χ0v) is 11.1. The molecule has 5 heteroatoms. The predicted molar refractivity (Wildman–Crippen MR) is 65.7 cm³/mol. The number of amides is 1. The van der Waals surface area contributed by atoms with Crippen molar-refractivity contribution in [2.24, 2.45) is 5.92 Å². The van der Waals surface area contributed by atoms with Crippen LogP contribution in [-0.2, 0) is 0 Å². The van der Waals surface area contributed by atoms with Gasteiger partial charge in [0.1, 0.15) is 0 Å². The van der Waals surface area contributed by atoms with Crippen molar-refractivity contribution in [3.05, 3.63) is 17.5 Å². The highest BCUT2D eigenvalue weighted by molar-refractivity contribution is 9.09. The first kappa shape index (κ1) is 11.6. The van der Waals surface area contributed by atoms with Gasteiger partial charge in [0.25, 0.3) is 5.91 Å². The maximum absolute atomic E-state index is 12.2. The summed E-state index contributed by atoms with van der Waals surface area (Å²) in [7, 11) is 0. The van der Waals surface area contributed by atoms with E-state index in [1.54, 1.807) is 6.20 Å². The molecule has 1 aromatic rings. The molecule has 1 amide bonds. The molecule has 2 rings (SSSR count). The number of rotatable bonds is 1. The zero-order valence-electron chi connectivity index (χ0n) is 9.53. The van der Waals surface area contributed by atoms with E-state index >= 15 is 0 Å². The first-order valence-electron chi connectivity index (χ1n) is 5.53. The average Bonchev–Trinajstić information content (AvgIpc) is 2.67. The van der Waals surface area contributed by atoms with Crippen LogP contribution in [0.5, 0.6) is 0 Å². The molecule has 0 spiro atoms. The largest absolute Gasteiger partial charge is 0.338 e. The highest BCUT2D eigenvalue weighted by Crippen LogP contribution is 2.24. The van der Waals surface area contributed by atoms with Gasteiger partial charge < -0.3 is 4.90 Å². The van der Waals surface area contributed by atoms with Crippen molar-refractivity contribution in [1.82, 2.24) is 15.1 Å². The van der Waals surface area contributed by atoms with Gasteiger partial charge in [-0.1, -0.05) is 22.9 Å². The minimum absolute atomic E-state index is 0.0949. The number of hydrogen-bond acceptors (Lipinski definition) is 2. The Morgan fingerprint density at radius 2 is 2.44 bits per heavy atom. The molecule has 2 atom stereocenters. The molecule has 1 N–H and O–H groups in total. The normalized spacial score (nSPS) is 25.8. The van der Waals surface area contributed by atoms with E-state index in [1.807, 2.05) is 11.8 Å². The SMILES string of the molecule is Cc1[nH]ncc1C(=O)N1CCC(Br)C(C)C1. The summed E-state index contributed by atoms with van der Waals surface area (Å²) in [4.78, 5) is 14.6. The molecule has 0 bridgehead atoms. The molecule has 0 aromatic carbocycles. The number of alkyl halides is 1. The fourth-order valence-corrected chi connectivity index (χ4v) is 2.41. The minimum Gasteiger partial charge on any atom is -0.338 e. The van der Waals surface area contributed by atoms with Crippen LogP contribution >= 0.6 is 15.9 Å². The lowest BCUT2D eigenvalue weighted by atomic mass is 9.99. The molecule has 16 heavy (non-hydrogen) atoms. The van der Waals surface area contributed by atoms with Gasteiger partial charge in [-0.15, -0.1) is 0 Å². The number of halogens is 1. The van der Waals surface area contributed by atoms with Gasteiger partial charge in [-0.25, -0.2) is 0 Å². The molecule has 1 fully saturated rings. The van der Waals surface area contributed by atoms with Crippen molar-refractivity contribution in [3.8, 4) is 0 Å². The van der Waals surface area contributed by atoms with Crippen molar-refractivity contribution in [2.45, 2.75) is 25.1 Å². The predicted octanol–water partition coefficient (Wildman–Crippen LogP) is 1.96. The van der Waals surface area contributed by atoms with Crippen LogP contribution < -0.4 is 0 Å². The van der Waals surface area contributed by atoms with Gasteiger partial charge in [-0.05, 0) is 19.3 Å². The zero-order chi connectivity index (χ0) is 11.7. The van der Waals surface area contributed by atoms with Gasteiger partial charge in [-0.2, -0.15) is 5.10 Å². The molecule has 2 heterocycles. The Morgan fingerprint density at radius 1 is 1.69 bits per heavy atom. The lowest BCUT2D eigenvalue weighted by Crippen LogP contribution is -2.43. The van der Waals surface area contributed by atoms with E-state index in [2.05, 4.69) is 33.1 Å². The van der Waals surface area contributed by atoms with Gasteiger partial charge in [-0.3, -0.25) is 9.89 Å². The van der Waals surface area contributed by atoms with Crippen LogP contribution in [0.3, 0.4) is 0 Å². The van der Waals surface area contributed by atoms with Gasteiger partial charge in [0, 0.05) is 23.6 Å².